The molecule has 0 aromatic rings. The van der Waals surface area contributed by atoms with E-state index in [1.807, 2.05) is 11.8 Å². The van der Waals surface area contributed by atoms with Crippen molar-refractivity contribution in [3.05, 3.63) is 0 Å². The SMILES string of the molecule is CCCCCSCC1CC(CCC)=NO1. The number of rotatable bonds is 8. The molecule has 0 spiro atoms. The number of hydrogen-bond donors (Lipinski definition) is 0. The molecule has 15 heavy (non-hydrogen) atoms. The lowest BCUT2D eigenvalue weighted by atomic mass is 10.1. The number of nitrogens with zero attached hydrogens (tertiary/aromatic N) is 1. The molecule has 0 saturated carbocycles. The molecule has 1 heterocycles. The smallest absolute Gasteiger partial charge is 0.141 e. The summed E-state index contributed by atoms with van der Waals surface area (Å²) in [5.41, 5.74) is 1.26. The maximum Gasteiger partial charge on any atom is 0.141 e. The fraction of sp³-hybridized carbons (Fsp3) is 0.917. The van der Waals surface area contributed by atoms with Crippen LogP contribution in [0.1, 0.15) is 52.4 Å². The first-order valence-corrected chi connectivity index (χ1v) is 7.31. The van der Waals surface area contributed by atoms with Crippen molar-refractivity contribution in [2.45, 2.75) is 58.5 Å². The molecule has 1 aliphatic heterocycles. The maximum absolute atomic E-state index is 5.39. The van der Waals surface area contributed by atoms with Crippen molar-refractivity contribution in [3.8, 4) is 0 Å². The zero-order valence-electron chi connectivity index (χ0n) is 10.00. The first-order valence-electron chi connectivity index (χ1n) is 6.16. The molecule has 0 amide bonds. The first-order chi connectivity index (χ1) is 7.36. The van der Waals surface area contributed by atoms with Gasteiger partial charge in [-0.25, -0.2) is 0 Å². The van der Waals surface area contributed by atoms with E-state index in [4.69, 9.17) is 4.84 Å². The van der Waals surface area contributed by atoms with E-state index in [0.717, 1.165) is 18.6 Å². The van der Waals surface area contributed by atoms with Gasteiger partial charge in [0, 0.05) is 12.2 Å². The Morgan fingerprint density at radius 1 is 1.33 bits per heavy atom. The minimum absolute atomic E-state index is 0.359. The number of thioether (sulfide) groups is 1. The lowest BCUT2D eigenvalue weighted by Gasteiger charge is -2.07. The van der Waals surface area contributed by atoms with Gasteiger partial charge in [-0.2, -0.15) is 11.8 Å². The van der Waals surface area contributed by atoms with Gasteiger partial charge in [-0.3, -0.25) is 0 Å². The number of unbranched alkanes of at least 4 members (excludes halogenated alkanes) is 2. The van der Waals surface area contributed by atoms with Crippen molar-refractivity contribution in [1.82, 2.24) is 0 Å². The highest BCUT2D eigenvalue weighted by Crippen LogP contribution is 2.18. The largest absolute Gasteiger partial charge is 0.391 e. The Balaban J connectivity index is 1.96. The third-order valence-electron chi connectivity index (χ3n) is 2.53. The Morgan fingerprint density at radius 2 is 2.20 bits per heavy atom. The van der Waals surface area contributed by atoms with Crippen LogP contribution in [0.2, 0.25) is 0 Å². The summed E-state index contributed by atoms with van der Waals surface area (Å²) in [6.07, 6.45) is 7.72. The summed E-state index contributed by atoms with van der Waals surface area (Å²) < 4.78 is 0. The minimum atomic E-state index is 0.359. The van der Waals surface area contributed by atoms with Crippen LogP contribution in [0, 0.1) is 0 Å². The first kappa shape index (κ1) is 12.9. The second-order valence-electron chi connectivity index (χ2n) is 4.12. The summed E-state index contributed by atoms with van der Waals surface area (Å²) in [6.45, 7) is 4.44. The lowest BCUT2D eigenvalue weighted by molar-refractivity contribution is 0.103. The molecule has 0 fully saturated rings. The molecule has 2 nitrogen and oxygen atoms in total. The average molecular weight is 229 g/mol. The van der Waals surface area contributed by atoms with Crippen molar-refractivity contribution in [3.63, 3.8) is 0 Å². The van der Waals surface area contributed by atoms with Gasteiger partial charge in [0.05, 0.1) is 5.71 Å². The van der Waals surface area contributed by atoms with E-state index in [0.29, 0.717) is 6.10 Å². The van der Waals surface area contributed by atoms with Gasteiger partial charge in [-0.1, -0.05) is 38.3 Å². The Hall–Kier alpha value is -0.180. The van der Waals surface area contributed by atoms with Crippen LogP contribution in [0.3, 0.4) is 0 Å². The second-order valence-corrected chi connectivity index (χ2v) is 5.27. The highest BCUT2D eigenvalue weighted by Gasteiger charge is 2.19. The van der Waals surface area contributed by atoms with Crippen LogP contribution >= 0.6 is 11.8 Å². The van der Waals surface area contributed by atoms with Gasteiger partial charge in [0.25, 0.3) is 0 Å². The van der Waals surface area contributed by atoms with Gasteiger partial charge in [0.2, 0.25) is 0 Å². The van der Waals surface area contributed by atoms with Crippen molar-refractivity contribution in [1.29, 1.82) is 0 Å². The predicted octanol–water partition coefficient (Wildman–Crippen LogP) is 3.85. The fourth-order valence-electron chi connectivity index (χ4n) is 1.68. The maximum atomic E-state index is 5.39. The quantitative estimate of drug-likeness (QED) is 0.590. The molecule has 3 heteroatoms. The third kappa shape index (κ3) is 5.45. The topological polar surface area (TPSA) is 21.6 Å². The third-order valence-corrected chi connectivity index (χ3v) is 3.71. The lowest BCUT2D eigenvalue weighted by Crippen LogP contribution is -2.11. The van der Waals surface area contributed by atoms with Crippen LogP contribution in [0.4, 0.5) is 0 Å². The summed E-state index contributed by atoms with van der Waals surface area (Å²) in [7, 11) is 0. The van der Waals surface area contributed by atoms with Gasteiger partial charge in [0.15, 0.2) is 0 Å². The van der Waals surface area contributed by atoms with Crippen molar-refractivity contribution >= 4 is 17.5 Å². The molecule has 0 radical (unpaired) electrons. The summed E-state index contributed by atoms with van der Waals surface area (Å²) in [4.78, 5) is 5.39. The molecule has 0 bridgehead atoms. The zero-order chi connectivity index (χ0) is 10.9. The summed E-state index contributed by atoms with van der Waals surface area (Å²) >= 11 is 2.01. The fourth-order valence-corrected chi connectivity index (χ4v) is 2.70. The Labute approximate surface area is 97.8 Å². The standard InChI is InChI=1S/C12H23NOS/c1-3-5-6-8-15-10-12-9-11(7-4-2)13-14-12/h12H,3-10H2,1-2H3. The van der Waals surface area contributed by atoms with Gasteiger partial charge in [-0.05, 0) is 18.6 Å². The van der Waals surface area contributed by atoms with E-state index in [1.165, 1.54) is 37.1 Å². The van der Waals surface area contributed by atoms with Crippen LogP contribution in [-0.2, 0) is 4.84 Å². The Morgan fingerprint density at radius 3 is 2.93 bits per heavy atom. The second kappa shape index (κ2) is 8.03. The van der Waals surface area contributed by atoms with Crippen LogP contribution in [0.25, 0.3) is 0 Å². The van der Waals surface area contributed by atoms with E-state index in [9.17, 15) is 0 Å². The van der Waals surface area contributed by atoms with E-state index in [1.54, 1.807) is 0 Å². The summed E-state index contributed by atoms with van der Waals surface area (Å²) in [5, 5.41) is 4.13. The van der Waals surface area contributed by atoms with Crippen molar-refractivity contribution < 1.29 is 4.84 Å². The zero-order valence-corrected chi connectivity index (χ0v) is 10.8. The molecule has 0 aliphatic carbocycles. The van der Waals surface area contributed by atoms with E-state index in [2.05, 4.69) is 19.0 Å². The monoisotopic (exact) mass is 229 g/mol. The van der Waals surface area contributed by atoms with Crippen LogP contribution < -0.4 is 0 Å². The Kier molecular flexibility index (Phi) is 6.90. The molecular weight excluding hydrogens is 206 g/mol. The molecular formula is C12H23NOS. The van der Waals surface area contributed by atoms with Crippen LogP contribution in [0.5, 0.6) is 0 Å². The van der Waals surface area contributed by atoms with Gasteiger partial charge in [-0.15, -0.1) is 0 Å². The van der Waals surface area contributed by atoms with E-state index >= 15 is 0 Å². The van der Waals surface area contributed by atoms with Crippen LogP contribution in [-0.4, -0.2) is 23.3 Å². The van der Waals surface area contributed by atoms with Gasteiger partial charge in [0.1, 0.15) is 6.10 Å². The summed E-state index contributed by atoms with van der Waals surface area (Å²) in [6, 6.07) is 0. The van der Waals surface area contributed by atoms with Crippen molar-refractivity contribution in [2.75, 3.05) is 11.5 Å². The molecule has 88 valence electrons. The highest BCUT2D eigenvalue weighted by molar-refractivity contribution is 7.99. The van der Waals surface area contributed by atoms with Gasteiger partial charge < -0.3 is 4.84 Å². The molecule has 1 atom stereocenters. The predicted molar refractivity (Wildman–Crippen MR) is 68.7 cm³/mol. The normalized spacial score (nSPS) is 20.1. The Bertz CT molecular complexity index is 194. The van der Waals surface area contributed by atoms with Crippen molar-refractivity contribution in [2.24, 2.45) is 5.16 Å². The molecule has 0 N–H and O–H groups in total. The highest BCUT2D eigenvalue weighted by atomic mass is 32.2. The van der Waals surface area contributed by atoms with Crippen LogP contribution in [0.15, 0.2) is 5.16 Å². The molecule has 1 unspecified atom stereocenters. The van der Waals surface area contributed by atoms with Gasteiger partial charge >= 0.3 is 0 Å². The molecule has 0 saturated heterocycles. The van der Waals surface area contributed by atoms with E-state index in [-0.39, 0.29) is 0 Å². The van der Waals surface area contributed by atoms with E-state index < -0.39 is 0 Å². The average Bonchev–Trinajstić information content (AvgIpc) is 2.66. The molecule has 1 aliphatic rings. The molecule has 0 aromatic carbocycles. The summed E-state index contributed by atoms with van der Waals surface area (Å²) in [5.74, 6) is 2.39. The molecule has 1 rings (SSSR count). The minimum Gasteiger partial charge on any atom is -0.391 e. The number of oxime groups is 1. The molecule has 0 aromatic heterocycles. The number of hydrogen-bond acceptors (Lipinski definition) is 3.